The van der Waals surface area contributed by atoms with Gasteiger partial charge in [-0.05, 0) is 48.4 Å². The second-order valence-electron chi connectivity index (χ2n) is 7.56. The average Bonchev–Trinajstić information content (AvgIpc) is 3.42. The van der Waals surface area contributed by atoms with E-state index in [0.717, 1.165) is 46.1 Å². The molecule has 0 radical (unpaired) electrons. The second-order valence-corrected chi connectivity index (χ2v) is 10.0. The summed E-state index contributed by atoms with van der Waals surface area (Å²) in [7, 11) is 0. The van der Waals surface area contributed by atoms with E-state index in [1.807, 2.05) is 28.0 Å². The number of thiophene rings is 1. The molecule has 0 spiro atoms. The minimum Gasteiger partial charge on any atom is -0.244 e. The van der Waals surface area contributed by atoms with Gasteiger partial charge in [0.15, 0.2) is 10.8 Å². The Labute approximate surface area is 179 Å². The van der Waals surface area contributed by atoms with Crippen LogP contribution >= 0.6 is 34.7 Å². The van der Waals surface area contributed by atoms with Gasteiger partial charge in [-0.25, -0.2) is 9.38 Å². The van der Waals surface area contributed by atoms with E-state index in [0.29, 0.717) is 0 Å². The zero-order valence-corrected chi connectivity index (χ0v) is 18.1. The van der Waals surface area contributed by atoms with Crippen molar-refractivity contribution in [3.05, 3.63) is 51.6 Å². The normalized spacial score (nSPS) is 16.8. The molecule has 9 heteroatoms. The highest BCUT2D eigenvalue weighted by atomic mass is 35.5. The van der Waals surface area contributed by atoms with Crippen LogP contribution < -0.4 is 0 Å². The molecule has 1 unspecified atom stereocenters. The van der Waals surface area contributed by atoms with Gasteiger partial charge in [0.05, 0.1) is 5.39 Å². The van der Waals surface area contributed by atoms with Gasteiger partial charge < -0.3 is 0 Å². The van der Waals surface area contributed by atoms with Crippen molar-refractivity contribution in [3.63, 3.8) is 0 Å². The molecule has 0 saturated carbocycles. The van der Waals surface area contributed by atoms with Gasteiger partial charge in [-0.3, -0.25) is 0 Å². The Morgan fingerprint density at radius 3 is 2.97 bits per heavy atom. The van der Waals surface area contributed by atoms with Crippen molar-refractivity contribution >= 4 is 56.3 Å². The highest BCUT2D eigenvalue weighted by molar-refractivity contribution is 7.98. The van der Waals surface area contributed by atoms with Crippen LogP contribution in [0.1, 0.15) is 29.3 Å². The van der Waals surface area contributed by atoms with Crippen molar-refractivity contribution in [2.24, 2.45) is 5.92 Å². The molecule has 0 bridgehead atoms. The first-order chi connectivity index (χ1) is 14.2. The standard InChI is InChI=1S/C20H17ClN6S2/c1-11-2-7-14-15(8-11)29-18-16(14)17-22-10-23-27(17)19-24-25-20(26(18)19)28-9-12-3-5-13(21)6-4-12/h3-6,10-11H,2,7-9H2,1H3. The number of benzene rings is 1. The number of thioether (sulfide) groups is 1. The number of nitrogens with zero attached hydrogens (tertiary/aromatic N) is 6. The topological polar surface area (TPSA) is 60.4 Å². The summed E-state index contributed by atoms with van der Waals surface area (Å²) in [5.74, 6) is 2.24. The molecule has 0 amide bonds. The number of hydrogen-bond acceptors (Lipinski definition) is 6. The van der Waals surface area contributed by atoms with Crippen molar-refractivity contribution in [2.75, 3.05) is 0 Å². The van der Waals surface area contributed by atoms with Crippen molar-refractivity contribution in [1.29, 1.82) is 0 Å². The number of halogens is 1. The molecule has 4 aromatic heterocycles. The molecule has 1 aliphatic rings. The van der Waals surface area contributed by atoms with Crippen LogP contribution in [-0.2, 0) is 18.6 Å². The van der Waals surface area contributed by atoms with Crippen molar-refractivity contribution < 1.29 is 0 Å². The Kier molecular flexibility index (Phi) is 4.07. The molecule has 0 N–H and O–H groups in total. The van der Waals surface area contributed by atoms with E-state index >= 15 is 0 Å². The third-order valence-electron chi connectivity index (χ3n) is 5.55. The maximum Gasteiger partial charge on any atom is 0.260 e. The highest BCUT2D eigenvalue weighted by Gasteiger charge is 2.26. The van der Waals surface area contributed by atoms with Gasteiger partial charge in [-0.2, -0.15) is 9.61 Å². The Morgan fingerprint density at radius 2 is 2.10 bits per heavy atom. The van der Waals surface area contributed by atoms with E-state index in [-0.39, 0.29) is 0 Å². The summed E-state index contributed by atoms with van der Waals surface area (Å²) in [6, 6.07) is 7.94. The molecule has 5 aromatic rings. The fraction of sp³-hybridized carbons (Fsp3) is 0.300. The fourth-order valence-corrected chi connectivity index (χ4v) is 6.66. The van der Waals surface area contributed by atoms with Crippen LogP contribution in [0.5, 0.6) is 0 Å². The molecule has 1 aliphatic carbocycles. The fourth-order valence-electron chi connectivity index (χ4n) is 4.08. The van der Waals surface area contributed by atoms with Crippen LogP contribution in [0.3, 0.4) is 0 Å². The van der Waals surface area contributed by atoms with Gasteiger partial charge in [0.2, 0.25) is 0 Å². The van der Waals surface area contributed by atoms with Crippen LogP contribution in [0.15, 0.2) is 35.7 Å². The number of fused-ring (bicyclic) bond motifs is 8. The molecule has 0 saturated heterocycles. The smallest absolute Gasteiger partial charge is 0.244 e. The summed E-state index contributed by atoms with van der Waals surface area (Å²) in [6.45, 7) is 2.34. The maximum atomic E-state index is 6.01. The third kappa shape index (κ3) is 2.77. The number of hydrogen-bond donors (Lipinski definition) is 0. The highest BCUT2D eigenvalue weighted by Crippen LogP contribution is 2.41. The second kappa shape index (κ2) is 6.68. The molecule has 4 heterocycles. The molecule has 0 fully saturated rings. The van der Waals surface area contributed by atoms with Gasteiger partial charge in [0.1, 0.15) is 11.2 Å². The Balaban J connectivity index is 1.54. The Morgan fingerprint density at radius 1 is 1.24 bits per heavy atom. The van der Waals surface area contributed by atoms with E-state index in [1.54, 1.807) is 18.1 Å². The molecule has 0 aliphatic heterocycles. The van der Waals surface area contributed by atoms with Crippen molar-refractivity contribution in [1.82, 2.24) is 29.2 Å². The first-order valence-corrected chi connectivity index (χ1v) is 11.8. The van der Waals surface area contributed by atoms with E-state index in [1.165, 1.54) is 32.6 Å². The van der Waals surface area contributed by atoms with E-state index in [4.69, 9.17) is 11.6 Å². The summed E-state index contributed by atoms with van der Waals surface area (Å²) in [5, 5.41) is 16.2. The van der Waals surface area contributed by atoms with Crippen LogP contribution in [0.2, 0.25) is 5.02 Å². The molecule has 1 atom stereocenters. The molecule has 146 valence electrons. The molecule has 29 heavy (non-hydrogen) atoms. The maximum absolute atomic E-state index is 6.01. The zero-order valence-electron chi connectivity index (χ0n) is 15.7. The lowest BCUT2D eigenvalue weighted by Crippen LogP contribution is -2.08. The lowest BCUT2D eigenvalue weighted by Gasteiger charge is -2.17. The van der Waals surface area contributed by atoms with Crippen molar-refractivity contribution in [3.8, 4) is 0 Å². The lowest BCUT2D eigenvalue weighted by molar-refractivity contribution is 0.509. The van der Waals surface area contributed by atoms with Gasteiger partial charge >= 0.3 is 0 Å². The number of aryl methyl sites for hydroxylation is 1. The largest absolute Gasteiger partial charge is 0.260 e. The minimum absolute atomic E-state index is 0.718. The van der Waals surface area contributed by atoms with Gasteiger partial charge in [-0.15, -0.1) is 21.5 Å². The number of rotatable bonds is 3. The van der Waals surface area contributed by atoms with Crippen molar-refractivity contribution in [2.45, 2.75) is 37.1 Å². The molecule has 6 nitrogen and oxygen atoms in total. The zero-order chi connectivity index (χ0) is 19.5. The van der Waals surface area contributed by atoms with Crippen LogP contribution in [0.25, 0.3) is 21.6 Å². The Hall–Kier alpha value is -2.16. The molecular formula is C20H17ClN6S2. The van der Waals surface area contributed by atoms with Crippen LogP contribution in [0.4, 0.5) is 0 Å². The summed E-state index contributed by atoms with van der Waals surface area (Å²) < 4.78 is 3.98. The predicted molar refractivity (Wildman–Crippen MR) is 117 cm³/mol. The lowest BCUT2D eigenvalue weighted by atomic mass is 9.89. The summed E-state index contributed by atoms with van der Waals surface area (Å²) in [5.41, 5.74) is 3.53. The summed E-state index contributed by atoms with van der Waals surface area (Å²) in [4.78, 5) is 7.22. The van der Waals surface area contributed by atoms with E-state index in [2.05, 4.69) is 43.7 Å². The molecular weight excluding hydrogens is 424 g/mol. The molecule has 1 aromatic carbocycles. The van der Waals surface area contributed by atoms with Crippen LogP contribution in [0, 0.1) is 5.92 Å². The SMILES string of the molecule is CC1CCc2c(sc3c2c2ncnn2c2nnc(SCc4ccc(Cl)cc4)n32)C1. The summed E-state index contributed by atoms with van der Waals surface area (Å²) >= 11 is 9.56. The van der Waals surface area contributed by atoms with Crippen LogP contribution in [-0.4, -0.2) is 29.2 Å². The summed E-state index contributed by atoms with van der Waals surface area (Å²) in [6.07, 6.45) is 5.06. The minimum atomic E-state index is 0.718. The van der Waals surface area contributed by atoms with Gasteiger partial charge in [0, 0.05) is 15.7 Å². The van der Waals surface area contributed by atoms with E-state index < -0.39 is 0 Å². The first-order valence-electron chi connectivity index (χ1n) is 9.57. The predicted octanol–water partition coefficient (Wildman–Crippen LogP) is 5.06. The first kappa shape index (κ1) is 17.7. The Bertz CT molecular complexity index is 1370. The monoisotopic (exact) mass is 440 g/mol. The van der Waals surface area contributed by atoms with Gasteiger partial charge in [-0.1, -0.05) is 42.4 Å². The molecule has 6 rings (SSSR count). The number of aromatic nitrogens is 6. The van der Waals surface area contributed by atoms with E-state index in [9.17, 15) is 0 Å². The third-order valence-corrected chi connectivity index (χ3v) is 8.05. The quantitative estimate of drug-likeness (QED) is 0.367. The average molecular weight is 441 g/mol. The van der Waals surface area contributed by atoms with Gasteiger partial charge in [0.25, 0.3) is 5.78 Å².